The molecule has 0 atom stereocenters. The van der Waals surface area contributed by atoms with Crippen LogP contribution < -0.4 is 4.90 Å². The number of anilines is 1. The van der Waals surface area contributed by atoms with Crippen LogP contribution in [0.25, 0.3) is 6.08 Å². The molecule has 2 aliphatic heterocycles. The average molecular weight is 460 g/mol. The van der Waals surface area contributed by atoms with Crippen LogP contribution in [0.4, 0.5) is 5.69 Å². The van der Waals surface area contributed by atoms with Crippen molar-refractivity contribution in [2.75, 3.05) is 44.2 Å². The number of thiophene rings is 1. The minimum Gasteiger partial charge on any atom is -0.369 e. The third-order valence-corrected chi connectivity index (χ3v) is 8.59. The molecule has 1 aromatic carbocycles. The molecule has 0 bridgehead atoms. The van der Waals surface area contributed by atoms with E-state index in [0.29, 0.717) is 20.7 Å². The van der Waals surface area contributed by atoms with Crippen molar-refractivity contribution in [3.05, 3.63) is 52.5 Å². The quantitative estimate of drug-likeness (QED) is 0.677. The third kappa shape index (κ3) is 4.49. The summed E-state index contributed by atoms with van der Waals surface area (Å²) in [5.41, 5.74) is 1.96. The number of hydrogen-bond acceptors (Lipinski definition) is 5. The predicted octanol–water partition coefficient (Wildman–Crippen LogP) is 4.01. The molecule has 0 amide bonds. The molecular weight excluding hydrogens is 437 g/mol. The van der Waals surface area contributed by atoms with E-state index >= 15 is 0 Å². The molecule has 0 unspecified atom stereocenters. The Morgan fingerprint density at radius 1 is 1.04 bits per heavy atom. The van der Waals surface area contributed by atoms with Gasteiger partial charge in [-0.25, -0.2) is 8.42 Å². The van der Waals surface area contributed by atoms with E-state index in [1.54, 1.807) is 12.3 Å². The summed E-state index contributed by atoms with van der Waals surface area (Å²) in [4.78, 5) is 4.81. The molecular formula is C19H23Cl2N3O2S2. The molecule has 9 heteroatoms. The predicted molar refractivity (Wildman–Crippen MR) is 119 cm³/mol. The number of sulfonamides is 1. The molecule has 0 radical (unpaired) electrons. The summed E-state index contributed by atoms with van der Waals surface area (Å²) in [6.45, 7) is 5.41. The van der Waals surface area contributed by atoms with Crippen LogP contribution in [0, 0.1) is 0 Å². The standard InChI is InChI=1S/C19H22ClN3O2S2.ClH/c20-18-15-16-7-10-23(27(24,25)19(16)26-18)9-4-8-21-11-13-22(14-12-21)17-5-2-1-3-6-17;/h1-3,5-7,10,15H,4,8-9,11-14H2;1H. The summed E-state index contributed by atoms with van der Waals surface area (Å²) in [5, 5.41) is 0. The molecule has 4 rings (SSSR count). The summed E-state index contributed by atoms with van der Waals surface area (Å²) >= 11 is 7.11. The molecule has 0 N–H and O–H groups in total. The van der Waals surface area contributed by atoms with Gasteiger partial charge in [0.2, 0.25) is 0 Å². The van der Waals surface area contributed by atoms with E-state index in [2.05, 4.69) is 34.1 Å². The van der Waals surface area contributed by atoms with Crippen LogP contribution in [0.5, 0.6) is 0 Å². The summed E-state index contributed by atoms with van der Waals surface area (Å²) < 4.78 is 27.7. The molecule has 28 heavy (non-hydrogen) atoms. The molecule has 0 aliphatic carbocycles. The number of nitrogens with zero attached hydrogens (tertiary/aromatic N) is 3. The summed E-state index contributed by atoms with van der Waals surface area (Å²) in [6.07, 6.45) is 4.30. The van der Waals surface area contributed by atoms with E-state index in [0.717, 1.165) is 50.5 Å². The lowest BCUT2D eigenvalue weighted by Gasteiger charge is -2.36. The Morgan fingerprint density at radius 2 is 1.75 bits per heavy atom. The number of halogens is 2. The van der Waals surface area contributed by atoms with Crippen molar-refractivity contribution in [3.8, 4) is 0 Å². The second-order valence-electron chi connectivity index (χ2n) is 6.74. The maximum Gasteiger partial charge on any atom is 0.273 e. The van der Waals surface area contributed by atoms with Gasteiger partial charge in [0, 0.05) is 56.7 Å². The van der Waals surface area contributed by atoms with E-state index in [1.165, 1.54) is 9.99 Å². The molecule has 2 aromatic rings. The van der Waals surface area contributed by atoms with Gasteiger partial charge in [-0.3, -0.25) is 9.21 Å². The van der Waals surface area contributed by atoms with Crippen molar-refractivity contribution in [2.45, 2.75) is 10.6 Å². The van der Waals surface area contributed by atoms with Crippen molar-refractivity contribution in [1.29, 1.82) is 0 Å². The molecule has 152 valence electrons. The number of hydrogen-bond donors (Lipinski definition) is 0. The Morgan fingerprint density at radius 3 is 2.46 bits per heavy atom. The van der Waals surface area contributed by atoms with Gasteiger partial charge in [-0.05, 0) is 30.7 Å². The third-order valence-electron chi connectivity index (χ3n) is 5.00. The van der Waals surface area contributed by atoms with Gasteiger partial charge >= 0.3 is 0 Å². The fraction of sp³-hybridized carbons (Fsp3) is 0.368. The first kappa shape index (κ1) is 21.5. The Kier molecular flexibility index (Phi) is 6.94. The van der Waals surface area contributed by atoms with Gasteiger partial charge in [0.1, 0.15) is 4.21 Å². The van der Waals surface area contributed by atoms with Crippen molar-refractivity contribution in [2.24, 2.45) is 0 Å². The minimum absolute atomic E-state index is 0. The Balaban J connectivity index is 0.00000225. The SMILES string of the molecule is Cl.O=S1(=O)c2sc(Cl)cc2C=CN1CCCN1CCN(c2ccccc2)CC1. The van der Waals surface area contributed by atoms with E-state index in [1.807, 2.05) is 12.1 Å². The van der Waals surface area contributed by atoms with Gasteiger partial charge in [0.15, 0.2) is 0 Å². The summed E-state index contributed by atoms with van der Waals surface area (Å²) in [7, 11) is -3.46. The van der Waals surface area contributed by atoms with Crippen molar-refractivity contribution >= 4 is 57.1 Å². The Labute approximate surface area is 181 Å². The number of rotatable bonds is 5. The van der Waals surface area contributed by atoms with Crippen LogP contribution in [-0.4, -0.2) is 56.9 Å². The molecule has 2 aliphatic rings. The zero-order chi connectivity index (χ0) is 18.9. The van der Waals surface area contributed by atoms with Crippen molar-refractivity contribution in [3.63, 3.8) is 0 Å². The van der Waals surface area contributed by atoms with Gasteiger partial charge in [0.05, 0.1) is 4.34 Å². The Bertz CT molecular complexity index is 924. The second-order valence-corrected chi connectivity index (χ2v) is 10.5. The van der Waals surface area contributed by atoms with Crippen LogP contribution in [0.2, 0.25) is 4.34 Å². The zero-order valence-corrected chi connectivity index (χ0v) is 18.5. The van der Waals surface area contributed by atoms with E-state index < -0.39 is 10.0 Å². The maximum atomic E-state index is 12.7. The van der Waals surface area contributed by atoms with Crippen LogP contribution >= 0.6 is 35.3 Å². The lowest BCUT2D eigenvalue weighted by molar-refractivity contribution is 0.250. The average Bonchev–Trinajstić information content (AvgIpc) is 3.07. The first-order valence-corrected chi connectivity index (χ1v) is 11.7. The fourth-order valence-electron chi connectivity index (χ4n) is 3.54. The van der Waals surface area contributed by atoms with Gasteiger partial charge in [-0.1, -0.05) is 29.8 Å². The molecule has 1 aromatic heterocycles. The highest BCUT2D eigenvalue weighted by atomic mass is 35.5. The van der Waals surface area contributed by atoms with Gasteiger partial charge in [0.25, 0.3) is 10.0 Å². The number of piperazine rings is 1. The molecule has 3 heterocycles. The van der Waals surface area contributed by atoms with Crippen molar-refractivity contribution < 1.29 is 8.42 Å². The van der Waals surface area contributed by atoms with Gasteiger partial charge < -0.3 is 4.90 Å². The molecule has 0 spiro atoms. The first-order chi connectivity index (χ1) is 13.0. The highest BCUT2D eigenvalue weighted by Gasteiger charge is 2.29. The normalized spacial score (nSPS) is 18.6. The first-order valence-electron chi connectivity index (χ1n) is 9.06. The molecule has 1 fully saturated rings. The lowest BCUT2D eigenvalue weighted by atomic mass is 10.2. The smallest absolute Gasteiger partial charge is 0.273 e. The van der Waals surface area contributed by atoms with E-state index in [9.17, 15) is 8.42 Å². The number of benzene rings is 1. The summed E-state index contributed by atoms with van der Waals surface area (Å²) in [5.74, 6) is 0. The topological polar surface area (TPSA) is 43.9 Å². The second kappa shape index (κ2) is 9.05. The van der Waals surface area contributed by atoms with E-state index in [-0.39, 0.29) is 12.4 Å². The number of fused-ring (bicyclic) bond motifs is 1. The van der Waals surface area contributed by atoms with Crippen LogP contribution in [-0.2, 0) is 10.0 Å². The fourth-order valence-corrected chi connectivity index (χ4v) is 6.84. The minimum atomic E-state index is -3.46. The molecule has 5 nitrogen and oxygen atoms in total. The highest BCUT2D eigenvalue weighted by Crippen LogP contribution is 2.36. The summed E-state index contributed by atoms with van der Waals surface area (Å²) in [6, 6.07) is 12.2. The Hall–Kier alpha value is -1.25. The lowest BCUT2D eigenvalue weighted by Crippen LogP contribution is -2.47. The van der Waals surface area contributed by atoms with Crippen molar-refractivity contribution in [1.82, 2.24) is 9.21 Å². The molecule has 0 saturated carbocycles. The van der Waals surface area contributed by atoms with Crippen LogP contribution in [0.15, 0.2) is 46.8 Å². The maximum absolute atomic E-state index is 12.7. The van der Waals surface area contributed by atoms with Gasteiger partial charge in [-0.15, -0.1) is 23.7 Å². The van der Waals surface area contributed by atoms with Gasteiger partial charge in [-0.2, -0.15) is 0 Å². The highest BCUT2D eigenvalue weighted by molar-refractivity contribution is 7.91. The largest absolute Gasteiger partial charge is 0.369 e. The number of para-hydroxylation sites is 1. The monoisotopic (exact) mass is 459 g/mol. The van der Waals surface area contributed by atoms with Crippen LogP contribution in [0.1, 0.15) is 12.0 Å². The van der Waals surface area contributed by atoms with Crippen LogP contribution in [0.3, 0.4) is 0 Å². The van der Waals surface area contributed by atoms with E-state index in [4.69, 9.17) is 11.6 Å². The molecule has 1 saturated heterocycles. The zero-order valence-electron chi connectivity index (χ0n) is 15.3.